The molecule has 0 spiro atoms. The summed E-state index contributed by atoms with van der Waals surface area (Å²) in [5.41, 5.74) is 2.69. The Balaban J connectivity index is 1.65. The Bertz CT molecular complexity index is 738. The molecule has 0 unspecified atom stereocenters. The summed E-state index contributed by atoms with van der Waals surface area (Å²) in [4.78, 5) is 31.7. The van der Waals surface area contributed by atoms with E-state index < -0.39 is 0 Å². The SMILES string of the molecule is CC(=O)c1c(C)[nH]c(C(=O)N2CCN(Cc3ccco3)CC2)c1C. The number of nitrogens with one attached hydrogen (secondary N) is 1. The van der Waals surface area contributed by atoms with Crippen LogP contribution in [0.2, 0.25) is 0 Å². The number of nitrogens with zero attached hydrogens (tertiary/aromatic N) is 2. The zero-order valence-corrected chi connectivity index (χ0v) is 14.4. The van der Waals surface area contributed by atoms with Gasteiger partial charge in [0.15, 0.2) is 5.78 Å². The van der Waals surface area contributed by atoms with Gasteiger partial charge in [-0.2, -0.15) is 0 Å². The molecule has 6 nitrogen and oxygen atoms in total. The molecule has 0 aromatic carbocycles. The Morgan fingerprint density at radius 1 is 1.21 bits per heavy atom. The molecule has 1 fully saturated rings. The number of aromatic nitrogens is 1. The smallest absolute Gasteiger partial charge is 0.270 e. The molecular weight excluding hydrogens is 306 g/mol. The Morgan fingerprint density at radius 3 is 2.46 bits per heavy atom. The van der Waals surface area contributed by atoms with Crippen LogP contribution in [-0.2, 0) is 6.54 Å². The highest BCUT2D eigenvalue weighted by molar-refractivity contribution is 6.02. The van der Waals surface area contributed by atoms with Gasteiger partial charge in [-0.15, -0.1) is 0 Å². The van der Waals surface area contributed by atoms with E-state index in [1.807, 2.05) is 30.9 Å². The van der Waals surface area contributed by atoms with Gasteiger partial charge in [-0.1, -0.05) is 0 Å². The van der Waals surface area contributed by atoms with E-state index in [9.17, 15) is 9.59 Å². The molecular formula is C18H23N3O3. The second kappa shape index (κ2) is 6.65. The molecule has 1 saturated heterocycles. The van der Waals surface area contributed by atoms with Gasteiger partial charge < -0.3 is 14.3 Å². The predicted molar refractivity (Wildman–Crippen MR) is 90.2 cm³/mol. The molecule has 3 rings (SSSR count). The van der Waals surface area contributed by atoms with E-state index in [2.05, 4.69) is 9.88 Å². The van der Waals surface area contributed by atoms with Crippen molar-refractivity contribution in [1.82, 2.24) is 14.8 Å². The van der Waals surface area contributed by atoms with Crippen molar-refractivity contribution in [1.29, 1.82) is 0 Å². The lowest BCUT2D eigenvalue weighted by Crippen LogP contribution is -2.48. The summed E-state index contributed by atoms with van der Waals surface area (Å²) in [7, 11) is 0. The van der Waals surface area contributed by atoms with Crippen molar-refractivity contribution < 1.29 is 14.0 Å². The predicted octanol–water partition coefficient (Wildman–Crippen LogP) is 2.39. The van der Waals surface area contributed by atoms with Crippen molar-refractivity contribution >= 4 is 11.7 Å². The summed E-state index contributed by atoms with van der Waals surface area (Å²) in [6, 6.07) is 3.85. The lowest BCUT2D eigenvalue weighted by Gasteiger charge is -2.34. The van der Waals surface area contributed by atoms with Crippen molar-refractivity contribution in [2.75, 3.05) is 26.2 Å². The van der Waals surface area contributed by atoms with Crippen LogP contribution in [0.5, 0.6) is 0 Å². The van der Waals surface area contributed by atoms with E-state index in [4.69, 9.17) is 4.42 Å². The molecule has 2 aromatic heterocycles. The van der Waals surface area contributed by atoms with Crippen LogP contribution < -0.4 is 0 Å². The molecule has 1 aliphatic heterocycles. The van der Waals surface area contributed by atoms with Crippen LogP contribution in [0.4, 0.5) is 0 Å². The maximum Gasteiger partial charge on any atom is 0.270 e. The third-order valence-electron chi connectivity index (χ3n) is 4.62. The van der Waals surface area contributed by atoms with Gasteiger partial charge in [0.25, 0.3) is 5.91 Å². The van der Waals surface area contributed by atoms with Crippen LogP contribution in [-0.4, -0.2) is 52.7 Å². The summed E-state index contributed by atoms with van der Waals surface area (Å²) < 4.78 is 5.37. The number of H-pyrrole nitrogens is 1. The van der Waals surface area contributed by atoms with Crippen molar-refractivity contribution in [3.63, 3.8) is 0 Å². The fourth-order valence-corrected chi connectivity index (χ4v) is 3.38. The number of hydrogen-bond donors (Lipinski definition) is 1. The minimum atomic E-state index is -0.0271. The van der Waals surface area contributed by atoms with Crippen molar-refractivity contribution in [3.05, 3.63) is 46.7 Å². The van der Waals surface area contributed by atoms with Crippen LogP contribution in [0.3, 0.4) is 0 Å². The van der Waals surface area contributed by atoms with E-state index in [0.29, 0.717) is 24.3 Å². The van der Waals surface area contributed by atoms with Crippen LogP contribution in [0.15, 0.2) is 22.8 Å². The molecule has 0 radical (unpaired) electrons. The van der Waals surface area contributed by atoms with Gasteiger partial charge in [-0.05, 0) is 38.5 Å². The molecule has 1 N–H and O–H groups in total. The molecule has 24 heavy (non-hydrogen) atoms. The van der Waals surface area contributed by atoms with Crippen molar-refractivity contribution in [3.8, 4) is 0 Å². The topological polar surface area (TPSA) is 69.6 Å². The minimum absolute atomic E-state index is 0.0106. The molecule has 0 saturated carbocycles. The molecule has 128 valence electrons. The van der Waals surface area contributed by atoms with Gasteiger partial charge in [0.1, 0.15) is 11.5 Å². The highest BCUT2D eigenvalue weighted by Crippen LogP contribution is 2.20. The highest BCUT2D eigenvalue weighted by Gasteiger charge is 2.26. The number of carbonyl (C=O) groups is 2. The van der Waals surface area contributed by atoms with E-state index in [-0.39, 0.29) is 11.7 Å². The number of amides is 1. The van der Waals surface area contributed by atoms with E-state index in [0.717, 1.165) is 36.7 Å². The number of rotatable bonds is 4. The van der Waals surface area contributed by atoms with Crippen LogP contribution in [0.1, 0.15) is 44.8 Å². The monoisotopic (exact) mass is 329 g/mol. The van der Waals surface area contributed by atoms with E-state index >= 15 is 0 Å². The van der Waals surface area contributed by atoms with Gasteiger partial charge in [-0.3, -0.25) is 14.5 Å². The van der Waals surface area contributed by atoms with Crippen molar-refractivity contribution in [2.24, 2.45) is 0 Å². The quantitative estimate of drug-likeness (QED) is 0.875. The maximum atomic E-state index is 12.8. The first kappa shape index (κ1) is 16.5. The molecule has 2 aromatic rings. The molecule has 6 heteroatoms. The van der Waals surface area contributed by atoms with Crippen LogP contribution in [0.25, 0.3) is 0 Å². The third-order valence-corrected chi connectivity index (χ3v) is 4.62. The fraction of sp³-hybridized carbons (Fsp3) is 0.444. The number of furan rings is 1. The molecule has 3 heterocycles. The Labute approximate surface area is 141 Å². The minimum Gasteiger partial charge on any atom is -0.468 e. The molecule has 0 bridgehead atoms. The fourth-order valence-electron chi connectivity index (χ4n) is 3.38. The zero-order valence-electron chi connectivity index (χ0n) is 14.4. The number of piperazine rings is 1. The molecule has 0 atom stereocenters. The normalized spacial score (nSPS) is 15.7. The first-order valence-electron chi connectivity index (χ1n) is 8.21. The Morgan fingerprint density at radius 2 is 1.92 bits per heavy atom. The summed E-state index contributed by atoms with van der Waals surface area (Å²) in [5, 5.41) is 0. The Kier molecular flexibility index (Phi) is 4.57. The number of aromatic amines is 1. The average Bonchev–Trinajstić information content (AvgIpc) is 3.15. The highest BCUT2D eigenvalue weighted by atomic mass is 16.3. The summed E-state index contributed by atoms with van der Waals surface area (Å²) >= 11 is 0. The van der Waals surface area contributed by atoms with Crippen LogP contribution >= 0.6 is 0 Å². The van der Waals surface area contributed by atoms with Gasteiger partial charge in [-0.25, -0.2) is 0 Å². The van der Waals surface area contributed by atoms with Gasteiger partial charge in [0, 0.05) is 37.4 Å². The van der Waals surface area contributed by atoms with Gasteiger partial charge in [0.05, 0.1) is 12.8 Å². The number of hydrogen-bond acceptors (Lipinski definition) is 4. The standard InChI is InChI=1S/C18H23N3O3/c1-12-16(14(3)22)13(2)19-17(12)18(23)21-8-6-20(7-9-21)11-15-5-4-10-24-15/h4-5,10,19H,6-9,11H2,1-3H3. The lowest BCUT2D eigenvalue weighted by atomic mass is 10.1. The van der Waals surface area contributed by atoms with E-state index in [1.165, 1.54) is 6.92 Å². The number of Topliss-reactive ketones (excluding diaryl/α,β-unsaturated/α-hetero) is 1. The first-order chi connectivity index (χ1) is 11.5. The van der Waals surface area contributed by atoms with Crippen molar-refractivity contribution in [2.45, 2.75) is 27.3 Å². The molecule has 1 aliphatic rings. The second-order valence-electron chi connectivity index (χ2n) is 6.33. The number of carbonyl (C=O) groups excluding carboxylic acids is 2. The largest absolute Gasteiger partial charge is 0.468 e. The Hall–Kier alpha value is -2.34. The second-order valence-corrected chi connectivity index (χ2v) is 6.33. The van der Waals surface area contributed by atoms with Crippen LogP contribution in [0, 0.1) is 13.8 Å². The van der Waals surface area contributed by atoms with Gasteiger partial charge in [0.2, 0.25) is 0 Å². The lowest BCUT2D eigenvalue weighted by molar-refractivity contribution is 0.0614. The summed E-state index contributed by atoms with van der Waals surface area (Å²) in [6.45, 7) is 8.94. The summed E-state index contributed by atoms with van der Waals surface area (Å²) in [6.07, 6.45) is 1.68. The first-order valence-corrected chi connectivity index (χ1v) is 8.21. The average molecular weight is 329 g/mol. The number of aryl methyl sites for hydroxylation is 1. The summed E-state index contributed by atoms with van der Waals surface area (Å²) in [5.74, 6) is 0.904. The molecule has 1 amide bonds. The van der Waals surface area contributed by atoms with Gasteiger partial charge >= 0.3 is 0 Å². The van der Waals surface area contributed by atoms with E-state index in [1.54, 1.807) is 6.26 Å². The maximum absolute atomic E-state index is 12.8. The third kappa shape index (κ3) is 3.14. The molecule has 0 aliphatic carbocycles. The zero-order chi connectivity index (χ0) is 17.3. The number of ketones is 1.